The van der Waals surface area contributed by atoms with Crippen molar-refractivity contribution in [2.24, 2.45) is 0 Å². The average molecular weight is 511 g/mol. The van der Waals surface area contributed by atoms with Crippen molar-refractivity contribution in [3.63, 3.8) is 0 Å². The maximum absolute atomic E-state index is 13.3. The van der Waals surface area contributed by atoms with E-state index in [9.17, 15) is 22.8 Å². The lowest BCUT2D eigenvalue weighted by atomic mass is 10.1. The van der Waals surface area contributed by atoms with Crippen LogP contribution in [0.5, 0.6) is 5.75 Å². The van der Waals surface area contributed by atoms with E-state index < -0.39 is 29.6 Å². The van der Waals surface area contributed by atoms with E-state index in [0.717, 1.165) is 23.8 Å². The molecule has 0 radical (unpaired) electrons. The van der Waals surface area contributed by atoms with Gasteiger partial charge in [-0.05, 0) is 47.3 Å². The molecule has 3 aromatic carbocycles. The van der Waals surface area contributed by atoms with Crippen LogP contribution in [0.4, 0.5) is 18.9 Å². The summed E-state index contributed by atoms with van der Waals surface area (Å²) in [7, 11) is 0. The van der Waals surface area contributed by atoms with Gasteiger partial charge in [-0.25, -0.2) is 0 Å². The Balaban J connectivity index is 1.52. The lowest BCUT2D eigenvalue weighted by molar-refractivity contribution is -0.137. The average Bonchev–Trinajstić information content (AvgIpc) is 3.41. The number of para-hydroxylation sites is 2. The standard InChI is InChI=1S/C27H21F3N2O3S/c28-27(29,30)20-11-6-10-19(16-20)25(33)32-24(23-14-7-15-36-23)26(34)31-21-12-4-5-13-22(21)35-17-18-8-2-1-3-9-18/h1-16,24H,17H2,(H,31,34)(H,32,33). The maximum atomic E-state index is 13.3. The molecule has 0 spiro atoms. The summed E-state index contributed by atoms with van der Waals surface area (Å²) < 4.78 is 45.2. The summed E-state index contributed by atoms with van der Waals surface area (Å²) >= 11 is 1.24. The van der Waals surface area contributed by atoms with Gasteiger partial charge in [-0.3, -0.25) is 9.59 Å². The number of hydrogen-bond donors (Lipinski definition) is 2. The fraction of sp³-hybridized carbons (Fsp3) is 0.111. The number of nitrogens with one attached hydrogen (secondary N) is 2. The first-order chi connectivity index (χ1) is 17.3. The second-order valence-electron chi connectivity index (χ2n) is 7.76. The summed E-state index contributed by atoms with van der Waals surface area (Å²) in [6.07, 6.45) is -4.59. The molecule has 1 heterocycles. The van der Waals surface area contributed by atoms with Gasteiger partial charge in [-0.1, -0.05) is 54.6 Å². The normalized spacial score (nSPS) is 12.0. The van der Waals surface area contributed by atoms with Crippen LogP contribution in [-0.2, 0) is 17.6 Å². The minimum atomic E-state index is -4.59. The molecule has 36 heavy (non-hydrogen) atoms. The molecule has 5 nitrogen and oxygen atoms in total. The van der Waals surface area contributed by atoms with Crippen LogP contribution in [0, 0.1) is 0 Å². The van der Waals surface area contributed by atoms with Crippen LogP contribution in [0.25, 0.3) is 0 Å². The van der Waals surface area contributed by atoms with Crippen molar-refractivity contribution < 1.29 is 27.5 Å². The first-order valence-corrected chi connectivity index (χ1v) is 11.8. The van der Waals surface area contributed by atoms with E-state index in [0.29, 0.717) is 16.3 Å². The van der Waals surface area contributed by atoms with Crippen molar-refractivity contribution in [1.29, 1.82) is 0 Å². The fourth-order valence-corrected chi connectivity index (χ4v) is 4.18. The Morgan fingerprint density at radius 3 is 2.36 bits per heavy atom. The Kier molecular flexibility index (Phi) is 7.70. The smallest absolute Gasteiger partial charge is 0.416 e. The highest BCUT2D eigenvalue weighted by Crippen LogP contribution is 2.30. The number of benzene rings is 3. The van der Waals surface area contributed by atoms with Gasteiger partial charge < -0.3 is 15.4 Å². The minimum Gasteiger partial charge on any atom is -0.487 e. The van der Waals surface area contributed by atoms with Crippen molar-refractivity contribution in [1.82, 2.24) is 5.32 Å². The lowest BCUT2D eigenvalue weighted by Crippen LogP contribution is -2.36. The summed E-state index contributed by atoms with van der Waals surface area (Å²) in [4.78, 5) is 26.6. The van der Waals surface area contributed by atoms with Crippen molar-refractivity contribution in [2.75, 3.05) is 5.32 Å². The molecule has 0 bridgehead atoms. The second-order valence-corrected chi connectivity index (χ2v) is 8.74. The van der Waals surface area contributed by atoms with Crippen LogP contribution in [0.15, 0.2) is 96.4 Å². The number of halogens is 3. The molecule has 0 saturated carbocycles. The molecule has 4 rings (SSSR count). The largest absolute Gasteiger partial charge is 0.487 e. The van der Waals surface area contributed by atoms with Crippen LogP contribution >= 0.6 is 11.3 Å². The van der Waals surface area contributed by atoms with Gasteiger partial charge in [-0.2, -0.15) is 13.2 Å². The quantitative estimate of drug-likeness (QED) is 0.286. The topological polar surface area (TPSA) is 67.4 Å². The summed E-state index contributed by atoms with van der Waals surface area (Å²) in [5, 5.41) is 7.08. The zero-order chi connectivity index (χ0) is 25.5. The molecule has 0 aliphatic carbocycles. The number of alkyl halides is 3. The summed E-state index contributed by atoms with van der Waals surface area (Å²) in [6, 6.07) is 22.7. The van der Waals surface area contributed by atoms with E-state index in [1.165, 1.54) is 17.4 Å². The zero-order valence-electron chi connectivity index (χ0n) is 18.8. The van der Waals surface area contributed by atoms with Crippen LogP contribution in [0.2, 0.25) is 0 Å². The van der Waals surface area contributed by atoms with Gasteiger partial charge in [0.2, 0.25) is 0 Å². The molecule has 1 unspecified atom stereocenters. The highest BCUT2D eigenvalue weighted by atomic mass is 32.1. The van der Waals surface area contributed by atoms with Crippen LogP contribution < -0.4 is 15.4 Å². The molecule has 9 heteroatoms. The number of hydrogen-bond acceptors (Lipinski definition) is 4. The molecule has 2 N–H and O–H groups in total. The molecular formula is C27H21F3N2O3S. The van der Waals surface area contributed by atoms with Gasteiger partial charge in [0.25, 0.3) is 11.8 Å². The number of amides is 2. The third-order valence-electron chi connectivity index (χ3n) is 5.20. The van der Waals surface area contributed by atoms with Crippen LogP contribution in [0.3, 0.4) is 0 Å². The Morgan fingerprint density at radius 2 is 1.64 bits per heavy atom. The Labute approximate surface area is 209 Å². The first kappa shape index (κ1) is 25.0. The Bertz CT molecular complexity index is 1330. The predicted octanol–water partition coefficient (Wildman–Crippen LogP) is 6.46. The number of ether oxygens (including phenoxy) is 1. The second kappa shape index (κ2) is 11.1. The third kappa shape index (κ3) is 6.31. The van der Waals surface area contributed by atoms with E-state index in [1.807, 2.05) is 30.3 Å². The Morgan fingerprint density at radius 1 is 0.889 bits per heavy atom. The minimum absolute atomic E-state index is 0.203. The van der Waals surface area contributed by atoms with Gasteiger partial charge in [0, 0.05) is 10.4 Å². The summed E-state index contributed by atoms with van der Waals surface area (Å²) in [5.74, 6) is -0.930. The monoisotopic (exact) mass is 510 g/mol. The highest BCUT2D eigenvalue weighted by molar-refractivity contribution is 7.10. The predicted molar refractivity (Wildman–Crippen MR) is 132 cm³/mol. The van der Waals surface area contributed by atoms with E-state index in [2.05, 4.69) is 10.6 Å². The maximum Gasteiger partial charge on any atom is 0.416 e. The number of anilines is 1. The molecule has 2 amide bonds. The van der Waals surface area contributed by atoms with E-state index >= 15 is 0 Å². The van der Waals surface area contributed by atoms with Crippen LogP contribution in [-0.4, -0.2) is 11.8 Å². The summed E-state index contributed by atoms with van der Waals surface area (Å²) in [5.41, 5.74) is 0.194. The molecule has 0 fully saturated rings. The van der Waals surface area contributed by atoms with Crippen molar-refractivity contribution in [3.05, 3.63) is 118 Å². The Hall–Kier alpha value is -4.11. The zero-order valence-corrected chi connectivity index (χ0v) is 19.6. The van der Waals surface area contributed by atoms with Gasteiger partial charge in [-0.15, -0.1) is 11.3 Å². The summed E-state index contributed by atoms with van der Waals surface area (Å²) in [6.45, 7) is 0.286. The van der Waals surface area contributed by atoms with Crippen LogP contribution in [0.1, 0.15) is 32.4 Å². The van der Waals surface area contributed by atoms with E-state index in [4.69, 9.17) is 4.74 Å². The number of carbonyl (C=O) groups is 2. The third-order valence-corrected chi connectivity index (χ3v) is 6.14. The molecule has 0 aliphatic heterocycles. The first-order valence-electron chi connectivity index (χ1n) is 10.9. The molecule has 1 atom stereocenters. The molecular weight excluding hydrogens is 489 g/mol. The van der Waals surface area contributed by atoms with E-state index in [1.54, 1.807) is 41.8 Å². The van der Waals surface area contributed by atoms with Gasteiger partial charge in [0.1, 0.15) is 18.4 Å². The highest BCUT2D eigenvalue weighted by Gasteiger charge is 2.31. The molecule has 1 aromatic heterocycles. The van der Waals surface area contributed by atoms with Crippen molar-refractivity contribution in [2.45, 2.75) is 18.8 Å². The SMILES string of the molecule is O=C(NC(C(=O)Nc1ccccc1OCc1ccccc1)c1cccs1)c1cccc(C(F)(F)F)c1. The fourth-order valence-electron chi connectivity index (χ4n) is 3.41. The number of thiophene rings is 1. The van der Waals surface area contributed by atoms with Gasteiger partial charge in [0.05, 0.1) is 11.3 Å². The van der Waals surface area contributed by atoms with Crippen molar-refractivity contribution in [3.8, 4) is 5.75 Å². The lowest BCUT2D eigenvalue weighted by Gasteiger charge is -2.19. The molecule has 184 valence electrons. The molecule has 0 aliphatic rings. The van der Waals surface area contributed by atoms with Gasteiger partial charge in [0.15, 0.2) is 0 Å². The van der Waals surface area contributed by atoms with Gasteiger partial charge >= 0.3 is 6.18 Å². The number of carbonyl (C=O) groups excluding carboxylic acids is 2. The molecule has 4 aromatic rings. The van der Waals surface area contributed by atoms with Crippen molar-refractivity contribution >= 4 is 28.8 Å². The number of rotatable bonds is 8. The van der Waals surface area contributed by atoms with E-state index in [-0.39, 0.29) is 12.2 Å². The molecule has 0 saturated heterocycles.